The van der Waals surface area contributed by atoms with Crippen molar-refractivity contribution in [2.75, 3.05) is 0 Å². The number of halogens is 6. The number of hydrogen-bond acceptors (Lipinski definition) is 0. The van der Waals surface area contributed by atoms with Crippen molar-refractivity contribution in [1.82, 2.24) is 0 Å². The van der Waals surface area contributed by atoms with Crippen molar-refractivity contribution in [2.24, 2.45) is 0 Å². The van der Waals surface area contributed by atoms with E-state index in [1.807, 2.05) is 0 Å². The van der Waals surface area contributed by atoms with Crippen LogP contribution in [0.4, 0.5) is 0 Å². The molecule has 0 amide bonds. The molecule has 0 spiro atoms. The molecule has 0 N–H and O–H groups in total. The van der Waals surface area contributed by atoms with Crippen LogP contribution in [-0.2, 0) is 0 Å². The monoisotopic (exact) mass is 260 g/mol. The molecule has 0 aromatic rings. The molecule has 0 aliphatic heterocycles. The SMILES string of the molecule is CCC.Cl.Cl.Cl.Cl.Cl.Cl. The zero-order chi connectivity index (χ0) is 2.71. The summed E-state index contributed by atoms with van der Waals surface area (Å²) in [4.78, 5) is 0. The summed E-state index contributed by atoms with van der Waals surface area (Å²) in [6.07, 6.45) is 1.25. The van der Waals surface area contributed by atoms with E-state index in [0.717, 1.165) is 0 Å². The van der Waals surface area contributed by atoms with E-state index in [9.17, 15) is 0 Å². The van der Waals surface area contributed by atoms with E-state index in [1.165, 1.54) is 6.42 Å². The minimum absolute atomic E-state index is 0. The lowest BCUT2D eigenvalue weighted by atomic mass is 10.6. The van der Waals surface area contributed by atoms with E-state index in [1.54, 1.807) is 0 Å². The summed E-state index contributed by atoms with van der Waals surface area (Å²) in [5.74, 6) is 0. The van der Waals surface area contributed by atoms with E-state index in [-0.39, 0.29) is 74.4 Å². The largest absolute Gasteiger partial charge is 0.147 e. The van der Waals surface area contributed by atoms with Gasteiger partial charge in [-0.2, -0.15) is 0 Å². The zero-order valence-corrected chi connectivity index (χ0v) is 10.1. The quantitative estimate of drug-likeness (QED) is 0.620. The number of hydrogen-bond donors (Lipinski definition) is 0. The van der Waals surface area contributed by atoms with Crippen molar-refractivity contribution >= 4 is 74.4 Å². The van der Waals surface area contributed by atoms with Crippen LogP contribution in [0.15, 0.2) is 0 Å². The Balaban J connectivity index is -0.00000000133. The number of rotatable bonds is 0. The Morgan fingerprint density at radius 1 is 0.556 bits per heavy atom. The first-order valence-corrected chi connectivity index (χ1v) is 1.41. The van der Waals surface area contributed by atoms with Crippen molar-refractivity contribution in [1.29, 1.82) is 0 Å². The second-order valence-electron chi connectivity index (χ2n) is 0.707. The molecule has 9 heavy (non-hydrogen) atoms. The lowest BCUT2D eigenvalue weighted by Crippen LogP contribution is -1.27. The van der Waals surface area contributed by atoms with Crippen LogP contribution >= 0.6 is 74.4 Å². The maximum atomic E-state index is 2.12. The van der Waals surface area contributed by atoms with Crippen molar-refractivity contribution < 1.29 is 0 Å². The Morgan fingerprint density at radius 3 is 0.556 bits per heavy atom. The van der Waals surface area contributed by atoms with Gasteiger partial charge in [-0.05, 0) is 0 Å². The molecule has 0 rings (SSSR count). The average Bonchev–Trinajstić information content (AvgIpc) is 0.918. The Hall–Kier alpha value is 1.74. The normalized spacial score (nSPS) is 2.00. The van der Waals surface area contributed by atoms with Crippen molar-refractivity contribution in [2.45, 2.75) is 20.3 Å². The highest BCUT2D eigenvalue weighted by Gasteiger charge is 1.35. The molecule has 0 bridgehead atoms. The minimum atomic E-state index is 0. The van der Waals surface area contributed by atoms with E-state index >= 15 is 0 Å². The summed E-state index contributed by atoms with van der Waals surface area (Å²) in [7, 11) is 0. The van der Waals surface area contributed by atoms with Crippen LogP contribution in [0.3, 0.4) is 0 Å². The third-order valence-corrected chi connectivity index (χ3v) is 0. The van der Waals surface area contributed by atoms with Crippen LogP contribution in [-0.4, -0.2) is 0 Å². The standard InChI is InChI=1S/C3H8.6ClH/c1-3-2;;;;;;/h3H2,1-2H3;6*1H. The Bertz CT molecular complexity index is 8.26. The molecular formula is C3H14Cl6. The second kappa shape index (κ2) is 99.1. The van der Waals surface area contributed by atoms with E-state index < -0.39 is 0 Å². The van der Waals surface area contributed by atoms with Crippen LogP contribution in [0.25, 0.3) is 0 Å². The zero-order valence-electron chi connectivity index (χ0n) is 5.16. The van der Waals surface area contributed by atoms with Gasteiger partial charge in [0.05, 0.1) is 0 Å². The summed E-state index contributed by atoms with van der Waals surface area (Å²) in [6.45, 7) is 4.25. The minimum Gasteiger partial charge on any atom is -0.147 e. The van der Waals surface area contributed by atoms with Gasteiger partial charge >= 0.3 is 0 Å². The molecule has 0 fully saturated rings. The molecule has 0 heterocycles. The highest BCUT2D eigenvalue weighted by atomic mass is 35.5. The average molecular weight is 263 g/mol. The molecule has 0 saturated carbocycles. The van der Waals surface area contributed by atoms with Gasteiger partial charge < -0.3 is 0 Å². The topological polar surface area (TPSA) is 0 Å². The molecule has 0 atom stereocenters. The first-order valence-electron chi connectivity index (χ1n) is 1.41. The highest BCUT2D eigenvalue weighted by Crippen LogP contribution is 1.56. The van der Waals surface area contributed by atoms with Crippen molar-refractivity contribution in [3.8, 4) is 0 Å². The molecule has 0 aliphatic rings. The van der Waals surface area contributed by atoms with E-state index in [4.69, 9.17) is 0 Å². The molecule has 0 unspecified atom stereocenters. The van der Waals surface area contributed by atoms with Crippen LogP contribution in [0.5, 0.6) is 0 Å². The molecule has 0 nitrogen and oxygen atoms in total. The Morgan fingerprint density at radius 2 is 0.556 bits per heavy atom. The fraction of sp³-hybridized carbons (Fsp3) is 1.00. The highest BCUT2D eigenvalue weighted by molar-refractivity contribution is 5.86. The smallest absolute Gasteiger partial charge is 0.0590 e. The first-order chi connectivity index (χ1) is 1.41. The lowest BCUT2D eigenvalue weighted by molar-refractivity contribution is 1.09. The van der Waals surface area contributed by atoms with Gasteiger partial charge in [-0.1, -0.05) is 20.3 Å². The van der Waals surface area contributed by atoms with Crippen LogP contribution < -0.4 is 0 Å². The third kappa shape index (κ3) is 193. The van der Waals surface area contributed by atoms with Gasteiger partial charge in [0.1, 0.15) is 0 Å². The molecule has 68 valence electrons. The van der Waals surface area contributed by atoms with E-state index in [0.29, 0.717) is 0 Å². The molecule has 0 aliphatic carbocycles. The van der Waals surface area contributed by atoms with E-state index in [2.05, 4.69) is 13.8 Å². The molecular weight excluding hydrogens is 249 g/mol. The van der Waals surface area contributed by atoms with Crippen LogP contribution in [0.2, 0.25) is 0 Å². The molecule has 0 radical (unpaired) electrons. The fourth-order valence-corrected chi connectivity index (χ4v) is 0. The van der Waals surface area contributed by atoms with Crippen molar-refractivity contribution in [3.63, 3.8) is 0 Å². The summed E-state index contributed by atoms with van der Waals surface area (Å²) in [5, 5.41) is 0. The van der Waals surface area contributed by atoms with Gasteiger partial charge in [0.15, 0.2) is 0 Å². The fourth-order valence-electron chi connectivity index (χ4n) is 0. The van der Waals surface area contributed by atoms with Crippen LogP contribution in [0.1, 0.15) is 20.3 Å². The summed E-state index contributed by atoms with van der Waals surface area (Å²) < 4.78 is 0. The maximum absolute atomic E-state index is 2.12. The van der Waals surface area contributed by atoms with Gasteiger partial charge in [-0.15, -0.1) is 74.4 Å². The van der Waals surface area contributed by atoms with Gasteiger partial charge in [-0.3, -0.25) is 0 Å². The molecule has 0 aromatic carbocycles. The maximum Gasteiger partial charge on any atom is -0.0590 e. The van der Waals surface area contributed by atoms with Gasteiger partial charge in [-0.25, -0.2) is 0 Å². The summed E-state index contributed by atoms with van der Waals surface area (Å²) >= 11 is 0. The third-order valence-electron chi connectivity index (χ3n) is 0. The van der Waals surface area contributed by atoms with Gasteiger partial charge in [0.2, 0.25) is 0 Å². The van der Waals surface area contributed by atoms with Gasteiger partial charge in [0.25, 0.3) is 0 Å². The molecule has 0 aromatic heterocycles. The Labute approximate surface area is 94.4 Å². The van der Waals surface area contributed by atoms with Gasteiger partial charge in [0, 0.05) is 0 Å². The molecule has 6 heteroatoms. The lowest BCUT2D eigenvalue weighted by Gasteiger charge is -1.48. The summed E-state index contributed by atoms with van der Waals surface area (Å²) in [6, 6.07) is 0. The second-order valence-corrected chi connectivity index (χ2v) is 0.707. The predicted molar refractivity (Wildman–Crippen MR) is 59.5 cm³/mol. The predicted octanol–water partition coefficient (Wildman–Crippen LogP) is 3.95. The van der Waals surface area contributed by atoms with Crippen molar-refractivity contribution in [3.05, 3.63) is 0 Å². The summed E-state index contributed by atoms with van der Waals surface area (Å²) in [5.41, 5.74) is 0. The molecule has 0 saturated heterocycles. The Kier molecular flexibility index (Phi) is 802. The van der Waals surface area contributed by atoms with Crippen LogP contribution in [0, 0.1) is 0 Å². The first kappa shape index (κ1) is 72.8.